The summed E-state index contributed by atoms with van der Waals surface area (Å²) >= 11 is 0. The average Bonchev–Trinajstić information content (AvgIpc) is 2.77. The van der Waals surface area contributed by atoms with Gasteiger partial charge in [0.05, 0.1) is 0 Å². The predicted octanol–water partition coefficient (Wildman–Crippen LogP) is 5.22. The van der Waals surface area contributed by atoms with Crippen LogP contribution < -0.4 is 4.90 Å². The number of nitrogens with zero attached hydrogens (tertiary/aromatic N) is 2. The van der Waals surface area contributed by atoms with Crippen LogP contribution in [-0.2, 0) is 11.2 Å². The summed E-state index contributed by atoms with van der Waals surface area (Å²) in [6.07, 6.45) is 2.50. The first-order chi connectivity index (χ1) is 14.4. The van der Waals surface area contributed by atoms with Crippen molar-refractivity contribution in [2.75, 3.05) is 11.9 Å². The van der Waals surface area contributed by atoms with E-state index in [1.807, 2.05) is 0 Å². The van der Waals surface area contributed by atoms with Gasteiger partial charge >= 0.3 is 0 Å². The predicted molar refractivity (Wildman–Crippen MR) is 112 cm³/mol. The monoisotopic (exact) mass is 408 g/mol. The number of rotatable bonds is 7. The standard InChI is InChI=1S/C24H22F2N2O2/c1-3-24(30)28(2)19-10-11-20(21(25)14-19)17-6-8-18(9-7-17)22(29)12-4-16-5-13-23(26)27-15-16/h5-11,13-15H,3-4,12H2,1-2H3. The molecule has 0 aliphatic heterocycles. The fourth-order valence-corrected chi connectivity index (χ4v) is 3.12. The summed E-state index contributed by atoms with van der Waals surface area (Å²) in [6, 6.07) is 14.3. The minimum atomic E-state index is -0.551. The maximum absolute atomic E-state index is 14.6. The van der Waals surface area contributed by atoms with E-state index < -0.39 is 11.8 Å². The number of hydrogen-bond donors (Lipinski definition) is 0. The Morgan fingerprint density at radius 2 is 1.73 bits per heavy atom. The third-order valence-corrected chi connectivity index (χ3v) is 4.96. The number of carbonyl (C=O) groups excluding carboxylic acids is 2. The number of pyridine rings is 1. The van der Waals surface area contributed by atoms with Gasteiger partial charge in [0.15, 0.2) is 5.78 Å². The molecule has 1 aromatic heterocycles. The van der Waals surface area contributed by atoms with Crippen LogP contribution in [0.1, 0.15) is 35.7 Å². The summed E-state index contributed by atoms with van der Waals surface area (Å²) in [4.78, 5) is 29.2. The number of benzene rings is 2. The molecule has 0 N–H and O–H groups in total. The molecule has 0 atom stereocenters. The van der Waals surface area contributed by atoms with E-state index in [2.05, 4.69) is 4.98 Å². The SMILES string of the molecule is CCC(=O)N(C)c1ccc(-c2ccc(C(=O)CCc3ccc(F)nc3)cc2)c(F)c1. The second-order valence-electron chi connectivity index (χ2n) is 6.96. The van der Waals surface area contributed by atoms with E-state index >= 15 is 0 Å². The molecular formula is C24H22F2N2O2. The summed E-state index contributed by atoms with van der Waals surface area (Å²) in [7, 11) is 1.61. The van der Waals surface area contributed by atoms with Gasteiger partial charge in [-0.05, 0) is 41.8 Å². The third kappa shape index (κ3) is 4.95. The lowest BCUT2D eigenvalue weighted by Gasteiger charge is -2.17. The van der Waals surface area contributed by atoms with Gasteiger partial charge in [0.25, 0.3) is 0 Å². The molecule has 0 spiro atoms. The Labute approximate surface area is 174 Å². The molecular weight excluding hydrogens is 386 g/mol. The lowest BCUT2D eigenvalue weighted by atomic mass is 9.99. The van der Waals surface area contributed by atoms with Gasteiger partial charge in [-0.25, -0.2) is 9.37 Å². The molecule has 0 aliphatic rings. The van der Waals surface area contributed by atoms with Crippen molar-refractivity contribution < 1.29 is 18.4 Å². The highest BCUT2D eigenvalue weighted by molar-refractivity contribution is 5.96. The van der Waals surface area contributed by atoms with Crippen molar-refractivity contribution >= 4 is 17.4 Å². The molecule has 0 fully saturated rings. The molecule has 0 aliphatic carbocycles. The molecule has 1 heterocycles. The van der Waals surface area contributed by atoms with Crippen molar-refractivity contribution in [2.24, 2.45) is 0 Å². The molecule has 0 unspecified atom stereocenters. The van der Waals surface area contributed by atoms with Crippen LogP contribution in [0.4, 0.5) is 14.5 Å². The molecule has 4 nitrogen and oxygen atoms in total. The number of anilines is 1. The lowest BCUT2D eigenvalue weighted by Crippen LogP contribution is -2.25. The summed E-state index contributed by atoms with van der Waals surface area (Å²) in [5.74, 6) is -1.14. The molecule has 0 saturated heterocycles. The van der Waals surface area contributed by atoms with E-state index in [0.717, 1.165) is 5.56 Å². The van der Waals surface area contributed by atoms with Crippen molar-refractivity contribution in [1.29, 1.82) is 0 Å². The van der Waals surface area contributed by atoms with E-state index in [4.69, 9.17) is 0 Å². The van der Waals surface area contributed by atoms with Crippen molar-refractivity contribution in [1.82, 2.24) is 4.98 Å². The Bertz CT molecular complexity index is 1050. The van der Waals surface area contributed by atoms with Crippen LogP contribution in [0.2, 0.25) is 0 Å². The number of amides is 1. The molecule has 2 aromatic carbocycles. The summed E-state index contributed by atoms with van der Waals surface area (Å²) in [5.41, 5.74) is 2.84. The van der Waals surface area contributed by atoms with Gasteiger partial charge in [-0.15, -0.1) is 0 Å². The number of aromatic nitrogens is 1. The Morgan fingerprint density at radius 3 is 2.33 bits per heavy atom. The third-order valence-electron chi connectivity index (χ3n) is 4.96. The molecule has 3 rings (SSSR count). The van der Waals surface area contributed by atoms with Crippen LogP contribution in [-0.4, -0.2) is 23.7 Å². The number of ketones is 1. The minimum absolute atomic E-state index is 0.0543. The van der Waals surface area contributed by atoms with Crippen molar-refractivity contribution in [3.8, 4) is 11.1 Å². The average molecular weight is 408 g/mol. The highest BCUT2D eigenvalue weighted by Gasteiger charge is 2.13. The van der Waals surface area contributed by atoms with Crippen LogP contribution >= 0.6 is 0 Å². The van der Waals surface area contributed by atoms with Crippen molar-refractivity contribution in [3.63, 3.8) is 0 Å². The van der Waals surface area contributed by atoms with Crippen molar-refractivity contribution in [3.05, 3.63) is 83.7 Å². The number of Topliss-reactive ketones (excluding diaryl/α,β-unsaturated/α-hetero) is 1. The minimum Gasteiger partial charge on any atom is -0.315 e. The molecule has 30 heavy (non-hydrogen) atoms. The maximum atomic E-state index is 14.6. The second kappa shape index (κ2) is 9.39. The van der Waals surface area contributed by atoms with Crippen LogP contribution in [0.25, 0.3) is 11.1 Å². The van der Waals surface area contributed by atoms with E-state index in [9.17, 15) is 18.4 Å². The number of halogens is 2. The molecule has 154 valence electrons. The van der Waals surface area contributed by atoms with Crippen LogP contribution in [0, 0.1) is 11.8 Å². The van der Waals surface area contributed by atoms with Gasteiger partial charge in [0, 0.05) is 42.9 Å². The van der Waals surface area contributed by atoms with E-state index in [1.165, 1.54) is 23.2 Å². The van der Waals surface area contributed by atoms with Gasteiger partial charge < -0.3 is 4.90 Å². The zero-order valence-electron chi connectivity index (χ0n) is 16.9. The lowest BCUT2D eigenvalue weighted by molar-refractivity contribution is -0.118. The fourth-order valence-electron chi connectivity index (χ4n) is 3.12. The summed E-state index contributed by atoms with van der Waals surface area (Å²) in [5, 5.41) is 0. The van der Waals surface area contributed by atoms with E-state index in [-0.39, 0.29) is 18.1 Å². The smallest absolute Gasteiger partial charge is 0.226 e. The fraction of sp³-hybridized carbons (Fsp3) is 0.208. The van der Waals surface area contributed by atoms with Crippen LogP contribution in [0.3, 0.4) is 0 Å². The first kappa shape index (κ1) is 21.3. The van der Waals surface area contributed by atoms with Gasteiger partial charge in [0.1, 0.15) is 5.82 Å². The zero-order valence-corrected chi connectivity index (χ0v) is 16.9. The van der Waals surface area contributed by atoms with Crippen LogP contribution in [0.15, 0.2) is 60.8 Å². The Balaban J connectivity index is 1.69. The molecule has 1 amide bonds. The highest BCUT2D eigenvalue weighted by Crippen LogP contribution is 2.27. The Kier molecular flexibility index (Phi) is 6.67. The molecule has 0 radical (unpaired) electrons. The van der Waals surface area contributed by atoms with Gasteiger partial charge in [-0.3, -0.25) is 9.59 Å². The molecule has 0 saturated carbocycles. The largest absolute Gasteiger partial charge is 0.315 e. The maximum Gasteiger partial charge on any atom is 0.226 e. The molecule has 3 aromatic rings. The Morgan fingerprint density at radius 1 is 1.00 bits per heavy atom. The van der Waals surface area contributed by atoms with Gasteiger partial charge in [-0.2, -0.15) is 4.39 Å². The van der Waals surface area contributed by atoms with E-state index in [0.29, 0.717) is 35.2 Å². The quantitative estimate of drug-likeness (QED) is 0.398. The summed E-state index contributed by atoms with van der Waals surface area (Å²) < 4.78 is 27.5. The van der Waals surface area contributed by atoms with Gasteiger partial charge in [0.2, 0.25) is 11.9 Å². The van der Waals surface area contributed by atoms with Crippen LogP contribution in [0.5, 0.6) is 0 Å². The first-order valence-electron chi connectivity index (χ1n) is 9.69. The molecule has 6 heteroatoms. The zero-order chi connectivity index (χ0) is 21.7. The normalized spacial score (nSPS) is 10.7. The first-order valence-corrected chi connectivity index (χ1v) is 9.69. The Hall–Kier alpha value is -3.41. The number of carbonyl (C=O) groups is 2. The second-order valence-corrected chi connectivity index (χ2v) is 6.96. The number of aryl methyl sites for hydroxylation is 1. The van der Waals surface area contributed by atoms with E-state index in [1.54, 1.807) is 56.4 Å². The van der Waals surface area contributed by atoms with Gasteiger partial charge in [-0.1, -0.05) is 37.3 Å². The summed E-state index contributed by atoms with van der Waals surface area (Å²) in [6.45, 7) is 1.75. The number of hydrogen-bond acceptors (Lipinski definition) is 3. The topological polar surface area (TPSA) is 50.3 Å². The highest BCUT2D eigenvalue weighted by atomic mass is 19.1. The molecule has 0 bridgehead atoms. The van der Waals surface area contributed by atoms with Crippen molar-refractivity contribution in [2.45, 2.75) is 26.2 Å².